The minimum Gasteiger partial charge on any atom is -0.480 e. The standard InChI is InChI=1S/C17H21ClN2O4S/c1-10(2)5-7-20-15(22)12-4-3-11(18)9-13(12)19-17(20)25-14(6-8-21)16(23)24/h3-4,9-10,14,21H,5-8H2,1-2H3,(H,23,24)/t14-/m0/s1. The Bertz CT molecular complexity index is 822. The molecular formula is C17H21ClN2O4S. The van der Waals surface area contributed by atoms with Crippen molar-refractivity contribution in [2.24, 2.45) is 5.92 Å². The number of carboxylic acid groups (broad SMARTS) is 1. The zero-order valence-electron chi connectivity index (χ0n) is 14.1. The summed E-state index contributed by atoms with van der Waals surface area (Å²) in [5.74, 6) is -0.659. The van der Waals surface area contributed by atoms with Gasteiger partial charge in [-0.15, -0.1) is 0 Å². The highest BCUT2D eigenvalue weighted by molar-refractivity contribution is 8.00. The van der Waals surface area contributed by atoms with Gasteiger partial charge in [-0.2, -0.15) is 0 Å². The number of hydrogen-bond acceptors (Lipinski definition) is 5. The maximum Gasteiger partial charge on any atom is 0.317 e. The van der Waals surface area contributed by atoms with Gasteiger partial charge in [0.2, 0.25) is 0 Å². The lowest BCUT2D eigenvalue weighted by molar-refractivity contribution is -0.136. The molecule has 2 aromatic rings. The summed E-state index contributed by atoms with van der Waals surface area (Å²) in [6, 6.07) is 4.87. The van der Waals surface area contributed by atoms with Crippen LogP contribution in [-0.4, -0.2) is 37.6 Å². The largest absolute Gasteiger partial charge is 0.480 e. The van der Waals surface area contributed by atoms with Gasteiger partial charge in [0.1, 0.15) is 5.25 Å². The first-order chi connectivity index (χ1) is 11.8. The van der Waals surface area contributed by atoms with E-state index in [4.69, 9.17) is 16.7 Å². The number of carboxylic acids is 1. The van der Waals surface area contributed by atoms with Gasteiger partial charge in [0.15, 0.2) is 5.16 Å². The molecule has 0 saturated carbocycles. The van der Waals surface area contributed by atoms with Crippen LogP contribution in [0.5, 0.6) is 0 Å². The molecule has 0 spiro atoms. The quantitative estimate of drug-likeness (QED) is 0.536. The number of halogens is 1. The van der Waals surface area contributed by atoms with Crippen LogP contribution in [0.3, 0.4) is 0 Å². The van der Waals surface area contributed by atoms with Gasteiger partial charge in [0, 0.05) is 18.2 Å². The fraction of sp³-hybridized carbons (Fsp3) is 0.471. The van der Waals surface area contributed by atoms with Gasteiger partial charge in [-0.25, -0.2) is 4.98 Å². The Labute approximate surface area is 154 Å². The van der Waals surface area contributed by atoms with E-state index in [1.165, 1.54) is 4.57 Å². The summed E-state index contributed by atoms with van der Waals surface area (Å²) in [6.07, 6.45) is 0.847. The first-order valence-electron chi connectivity index (χ1n) is 8.04. The van der Waals surface area contributed by atoms with Crippen molar-refractivity contribution >= 4 is 40.2 Å². The second-order valence-electron chi connectivity index (χ2n) is 6.15. The topological polar surface area (TPSA) is 92.4 Å². The average molecular weight is 385 g/mol. The third kappa shape index (κ3) is 4.96. The van der Waals surface area contributed by atoms with Gasteiger partial charge < -0.3 is 10.2 Å². The van der Waals surface area contributed by atoms with Crippen LogP contribution in [0.15, 0.2) is 28.2 Å². The minimum absolute atomic E-state index is 0.0770. The van der Waals surface area contributed by atoms with E-state index < -0.39 is 11.2 Å². The Morgan fingerprint density at radius 1 is 1.36 bits per heavy atom. The van der Waals surface area contributed by atoms with Gasteiger partial charge in [0.05, 0.1) is 10.9 Å². The van der Waals surface area contributed by atoms with Crippen molar-refractivity contribution < 1.29 is 15.0 Å². The molecule has 1 aromatic carbocycles. The highest BCUT2D eigenvalue weighted by Crippen LogP contribution is 2.26. The Morgan fingerprint density at radius 3 is 2.68 bits per heavy atom. The molecule has 136 valence electrons. The number of hydrogen-bond donors (Lipinski definition) is 2. The first-order valence-corrected chi connectivity index (χ1v) is 9.29. The van der Waals surface area contributed by atoms with Crippen molar-refractivity contribution in [1.29, 1.82) is 0 Å². The number of aromatic nitrogens is 2. The maximum atomic E-state index is 12.9. The second kappa shape index (κ2) is 8.69. The predicted molar refractivity (Wildman–Crippen MR) is 99.5 cm³/mol. The molecule has 0 unspecified atom stereocenters. The summed E-state index contributed by atoms with van der Waals surface area (Å²) in [6.45, 7) is 4.31. The summed E-state index contributed by atoms with van der Waals surface area (Å²) in [4.78, 5) is 28.7. The summed E-state index contributed by atoms with van der Waals surface area (Å²) < 4.78 is 1.52. The third-order valence-corrected chi connectivity index (χ3v) is 5.21. The van der Waals surface area contributed by atoms with E-state index in [0.717, 1.165) is 18.2 Å². The summed E-state index contributed by atoms with van der Waals surface area (Å²) in [5, 5.41) is 18.8. The second-order valence-corrected chi connectivity index (χ2v) is 7.76. The molecule has 0 saturated heterocycles. The van der Waals surface area contributed by atoms with Crippen LogP contribution in [0.25, 0.3) is 10.9 Å². The van der Waals surface area contributed by atoms with E-state index in [0.29, 0.717) is 33.5 Å². The summed E-state index contributed by atoms with van der Waals surface area (Å²) >= 11 is 6.97. The maximum absolute atomic E-state index is 12.9. The van der Waals surface area contributed by atoms with Crippen molar-refractivity contribution in [2.75, 3.05) is 6.61 Å². The number of aliphatic hydroxyl groups is 1. The van der Waals surface area contributed by atoms with E-state index >= 15 is 0 Å². The van der Waals surface area contributed by atoms with Crippen molar-refractivity contribution in [3.63, 3.8) is 0 Å². The van der Waals surface area contributed by atoms with E-state index in [1.807, 2.05) is 0 Å². The number of aliphatic hydroxyl groups excluding tert-OH is 1. The molecule has 0 bridgehead atoms. The zero-order chi connectivity index (χ0) is 18.6. The van der Waals surface area contributed by atoms with Crippen LogP contribution in [0.1, 0.15) is 26.7 Å². The molecule has 6 nitrogen and oxygen atoms in total. The molecule has 2 N–H and O–H groups in total. The lowest BCUT2D eigenvalue weighted by atomic mass is 10.1. The lowest BCUT2D eigenvalue weighted by Crippen LogP contribution is -2.26. The van der Waals surface area contributed by atoms with Crippen LogP contribution < -0.4 is 5.56 Å². The molecule has 2 rings (SSSR count). The molecular weight excluding hydrogens is 364 g/mol. The van der Waals surface area contributed by atoms with Gasteiger partial charge in [-0.1, -0.05) is 37.2 Å². The average Bonchev–Trinajstić information content (AvgIpc) is 2.53. The molecule has 25 heavy (non-hydrogen) atoms. The number of rotatable bonds is 8. The fourth-order valence-electron chi connectivity index (χ4n) is 2.33. The van der Waals surface area contributed by atoms with Gasteiger partial charge in [0.25, 0.3) is 5.56 Å². The van der Waals surface area contributed by atoms with E-state index in [9.17, 15) is 14.7 Å². The molecule has 0 fully saturated rings. The van der Waals surface area contributed by atoms with Gasteiger partial charge in [-0.3, -0.25) is 14.2 Å². The Kier molecular flexibility index (Phi) is 6.87. The Hall–Kier alpha value is -1.57. The van der Waals surface area contributed by atoms with E-state index in [1.54, 1.807) is 18.2 Å². The van der Waals surface area contributed by atoms with Crippen LogP contribution in [-0.2, 0) is 11.3 Å². The van der Waals surface area contributed by atoms with Crippen LogP contribution in [0, 0.1) is 5.92 Å². The van der Waals surface area contributed by atoms with E-state index in [2.05, 4.69) is 18.8 Å². The number of nitrogens with zero attached hydrogens (tertiary/aromatic N) is 2. The van der Waals surface area contributed by atoms with Crippen LogP contribution in [0.2, 0.25) is 5.02 Å². The van der Waals surface area contributed by atoms with Crippen molar-refractivity contribution in [1.82, 2.24) is 9.55 Å². The zero-order valence-corrected chi connectivity index (χ0v) is 15.7. The van der Waals surface area contributed by atoms with Crippen molar-refractivity contribution in [3.05, 3.63) is 33.6 Å². The minimum atomic E-state index is -1.05. The molecule has 0 radical (unpaired) electrons. The Balaban J connectivity index is 2.55. The van der Waals surface area contributed by atoms with Crippen LogP contribution in [0.4, 0.5) is 0 Å². The Morgan fingerprint density at radius 2 is 2.08 bits per heavy atom. The molecule has 1 aromatic heterocycles. The predicted octanol–water partition coefficient (Wildman–Crippen LogP) is 3.02. The molecule has 8 heteroatoms. The van der Waals surface area contributed by atoms with Gasteiger partial charge >= 0.3 is 5.97 Å². The highest BCUT2D eigenvalue weighted by atomic mass is 35.5. The SMILES string of the molecule is CC(C)CCn1c(S[C@@H](CCO)C(=O)O)nc2cc(Cl)ccc2c1=O. The third-order valence-electron chi connectivity index (χ3n) is 3.73. The summed E-state index contributed by atoms with van der Waals surface area (Å²) in [7, 11) is 0. The number of benzene rings is 1. The smallest absolute Gasteiger partial charge is 0.317 e. The molecule has 1 heterocycles. The first kappa shape index (κ1) is 19.8. The molecule has 0 aliphatic rings. The number of fused-ring (bicyclic) bond motifs is 1. The summed E-state index contributed by atoms with van der Waals surface area (Å²) in [5.41, 5.74) is 0.229. The molecule has 0 amide bonds. The van der Waals surface area contributed by atoms with Crippen LogP contribution >= 0.6 is 23.4 Å². The van der Waals surface area contributed by atoms with Crippen molar-refractivity contribution in [2.45, 2.75) is 43.6 Å². The number of carbonyl (C=O) groups is 1. The normalized spacial score (nSPS) is 12.7. The van der Waals surface area contributed by atoms with Gasteiger partial charge in [-0.05, 0) is 37.0 Å². The monoisotopic (exact) mass is 384 g/mol. The number of aliphatic carboxylic acids is 1. The lowest BCUT2D eigenvalue weighted by Gasteiger charge is -2.17. The molecule has 1 atom stereocenters. The fourth-order valence-corrected chi connectivity index (χ4v) is 3.52. The molecule has 0 aliphatic heterocycles. The van der Waals surface area contributed by atoms with Crippen molar-refractivity contribution in [3.8, 4) is 0 Å². The highest BCUT2D eigenvalue weighted by Gasteiger charge is 2.22. The van der Waals surface area contributed by atoms with E-state index in [-0.39, 0.29) is 18.6 Å². The molecule has 0 aliphatic carbocycles. The number of thioether (sulfide) groups is 1.